The molecular weight excluding hydrogens is 428 g/mol. The van der Waals surface area contributed by atoms with Crippen LogP contribution < -0.4 is 10.0 Å². The van der Waals surface area contributed by atoms with Crippen LogP contribution in [0.3, 0.4) is 0 Å². The highest BCUT2D eigenvalue weighted by Gasteiger charge is 2.25. The molecular formula is C19H24N4O5S2. The van der Waals surface area contributed by atoms with Gasteiger partial charge in [0.05, 0.1) is 4.92 Å². The van der Waals surface area contributed by atoms with Crippen molar-refractivity contribution in [1.82, 2.24) is 9.62 Å². The Bertz CT molecular complexity index is 1000. The fourth-order valence-corrected chi connectivity index (χ4v) is 5.66. The minimum atomic E-state index is -3.46. The summed E-state index contributed by atoms with van der Waals surface area (Å²) in [6.45, 7) is 3.70. The second-order valence-electron chi connectivity index (χ2n) is 7.22. The van der Waals surface area contributed by atoms with Crippen LogP contribution in [-0.4, -0.2) is 49.8 Å². The number of piperidine rings is 1. The van der Waals surface area contributed by atoms with E-state index in [9.17, 15) is 23.3 Å². The topological polar surface area (TPSA) is 122 Å². The molecule has 0 atom stereocenters. The average molecular weight is 453 g/mol. The molecule has 2 N–H and O–H groups in total. The predicted octanol–water partition coefficient (Wildman–Crippen LogP) is 2.74. The van der Waals surface area contributed by atoms with Crippen LogP contribution in [0.25, 0.3) is 0 Å². The van der Waals surface area contributed by atoms with Gasteiger partial charge in [-0.1, -0.05) is 6.07 Å². The van der Waals surface area contributed by atoms with Gasteiger partial charge in [0.15, 0.2) is 0 Å². The van der Waals surface area contributed by atoms with Crippen molar-refractivity contribution in [3.05, 3.63) is 51.4 Å². The van der Waals surface area contributed by atoms with Gasteiger partial charge < -0.3 is 10.2 Å². The summed E-state index contributed by atoms with van der Waals surface area (Å²) in [5.41, 5.74) is 1.19. The molecule has 30 heavy (non-hydrogen) atoms. The summed E-state index contributed by atoms with van der Waals surface area (Å²) in [5, 5.41) is 15.3. The van der Waals surface area contributed by atoms with Gasteiger partial charge >= 0.3 is 0 Å². The molecule has 1 amide bonds. The maximum absolute atomic E-state index is 12.3. The first kappa shape index (κ1) is 22.3. The first-order valence-electron chi connectivity index (χ1n) is 9.58. The number of benzene rings is 1. The predicted molar refractivity (Wildman–Crippen MR) is 115 cm³/mol. The number of hydrogen-bond donors (Lipinski definition) is 2. The van der Waals surface area contributed by atoms with E-state index in [1.54, 1.807) is 24.4 Å². The van der Waals surface area contributed by atoms with E-state index in [0.717, 1.165) is 0 Å². The zero-order valence-corrected chi connectivity index (χ0v) is 18.2. The van der Waals surface area contributed by atoms with Crippen molar-refractivity contribution < 1.29 is 18.1 Å². The third kappa shape index (κ3) is 5.85. The zero-order chi connectivity index (χ0) is 21.7. The summed E-state index contributed by atoms with van der Waals surface area (Å²) in [6, 6.07) is 7.53. The Morgan fingerprint density at radius 3 is 2.63 bits per heavy atom. The number of amides is 1. The molecule has 1 aromatic carbocycles. The van der Waals surface area contributed by atoms with Gasteiger partial charge in [-0.05, 0) is 55.9 Å². The van der Waals surface area contributed by atoms with Crippen LogP contribution in [0.4, 0.5) is 11.4 Å². The van der Waals surface area contributed by atoms with Crippen molar-refractivity contribution in [2.75, 3.05) is 25.0 Å². The first-order chi connectivity index (χ1) is 14.2. The van der Waals surface area contributed by atoms with E-state index in [-0.39, 0.29) is 17.6 Å². The molecule has 0 spiro atoms. The Hall–Kier alpha value is -2.34. The number of rotatable bonds is 8. The molecule has 0 unspecified atom stereocenters. The number of carbonyl (C=O) groups is 1. The quantitative estimate of drug-likeness (QED) is 0.469. The van der Waals surface area contributed by atoms with Crippen molar-refractivity contribution in [3.63, 3.8) is 0 Å². The smallest absolute Gasteiger partial charge is 0.269 e. The third-order valence-corrected chi connectivity index (χ3v) is 7.94. The van der Waals surface area contributed by atoms with Crippen LogP contribution in [0.1, 0.15) is 24.8 Å². The normalized spacial score (nSPS) is 15.8. The minimum Gasteiger partial charge on any atom is -0.326 e. The van der Waals surface area contributed by atoms with E-state index in [1.165, 1.54) is 29.5 Å². The Morgan fingerprint density at radius 2 is 2.03 bits per heavy atom. The Kier molecular flexibility index (Phi) is 7.19. The van der Waals surface area contributed by atoms with Crippen LogP contribution in [0.15, 0.2) is 39.9 Å². The Balaban J connectivity index is 1.42. The molecule has 0 radical (unpaired) electrons. The molecule has 0 aliphatic carbocycles. The van der Waals surface area contributed by atoms with Crippen LogP contribution in [0.2, 0.25) is 0 Å². The summed E-state index contributed by atoms with van der Waals surface area (Å²) < 4.78 is 27.7. The maximum atomic E-state index is 12.3. The number of anilines is 1. The molecule has 2 heterocycles. The standard InChI is InChI=1S/C19H24N4O5S2/c1-14-13-16(23(25)26)4-5-17(14)20-18(24)8-11-22-9-6-15(7-10-22)21-30(27,28)19-3-2-12-29-19/h2-5,12-13,15,21H,6-11H2,1H3,(H,20,24). The third-order valence-electron chi connectivity index (χ3n) is 5.02. The van der Waals surface area contributed by atoms with Gasteiger partial charge in [0.1, 0.15) is 4.21 Å². The van der Waals surface area contributed by atoms with Crippen molar-refractivity contribution in [2.24, 2.45) is 0 Å². The molecule has 9 nitrogen and oxygen atoms in total. The van der Waals surface area contributed by atoms with E-state index in [4.69, 9.17) is 0 Å². The Labute approximate surface area is 179 Å². The fraction of sp³-hybridized carbons (Fsp3) is 0.421. The summed E-state index contributed by atoms with van der Waals surface area (Å²) >= 11 is 1.20. The number of nitrogens with zero attached hydrogens (tertiary/aromatic N) is 2. The zero-order valence-electron chi connectivity index (χ0n) is 16.5. The highest BCUT2D eigenvalue weighted by Crippen LogP contribution is 2.22. The summed E-state index contributed by atoms with van der Waals surface area (Å²) in [6.07, 6.45) is 1.67. The fourth-order valence-electron chi connectivity index (χ4n) is 3.34. The second-order valence-corrected chi connectivity index (χ2v) is 10.1. The van der Waals surface area contributed by atoms with Crippen molar-refractivity contribution >= 4 is 38.6 Å². The monoisotopic (exact) mass is 452 g/mol. The molecule has 0 saturated carbocycles. The van der Waals surface area contributed by atoms with E-state index in [0.29, 0.717) is 54.4 Å². The highest BCUT2D eigenvalue weighted by molar-refractivity contribution is 7.91. The second kappa shape index (κ2) is 9.65. The van der Waals surface area contributed by atoms with Crippen molar-refractivity contribution in [2.45, 2.75) is 36.4 Å². The number of likely N-dealkylation sites (tertiary alicyclic amines) is 1. The van der Waals surface area contributed by atoms with E-state index in [2.05, 4.69) is 14.9 Å². The van der Waals surface area contributed by atoms with Gasteiger partial charge in [0.25, 0.3) is 5.69 Å². The lowest BCUT2D eigenvalue weighted by Crippen LogP contribution is -2.45. The number of non-ortho nitro benzene ring substituents is 1. The van der Waals surface area contributed by atoms with Gasteiger partial charge in [-0.2, -0.15) is 0 Å². The summed E-state index contributed by atoms with van der Waals surface area (Å²) in [5.74, 6) is -0.160. The highest BCUT2D eigenvalue weighted by atomic mass is 32.2. The molecule has 1 fully saturated rings. The van der Waals surface area contributed by atoms with Crippen molar-refractivity contribution in [3.8, 4) is 0 Å². The SMILES string of the molecule is Cc1cc([N+](=O)[O-])ccc1NC(=O)CCN1CCC(NS(=O)(=O)c2cccs2)CC1. The lowest BCUT2D eigenvalue weighted by molar-refractivity contribution is -0.384. The number of nitrogens with one attached hydrogen (secondary N) is 2. The number of carbonyl (C=O) groups excluding carboxylic acids is 1. The number of nitro benzene ring substituents is 1. The van der Waals surface area contributed by atoms with E-state index in [1.807, 2.05) is 0 Å². The van der Waals surface area contributed by atoms with Gasteiger partial charge in [-0.3, -0.25) is 14.9 Å². The molecule has 1 saturated heterocycles. The number of aryl methyl sites for hydroxylation is 1. The molecule has 1 aromatic heterocycles. The van der Waals surface area contributed by atoms with Crippen LogP contribution >= 0.6 is 11.3 Å². The Morgan fingerprint density at radius 1 is 1.30 bits per heavy atom. The van der Waals surface area contributed by atoms with Gasteiger partial charge in [0, 0.05) is 36.8 Å². The summed E-state index contributed by atoms with van der Waals surface area (Å²) in [4.78, 5) is 24.7. The lowest BCUT2D eigenvalue weighted by Gasteiger charge is -2.31. The number of thiophene rings is 1. The van der Waals surface area contributed by atoms with Crippen LogP contribution in [0.5, 0.6) is 0 Å². The molecule has 11 heteroatoms. The largest absolute Gasteiger partial charge is 0.326 e. The van der Waals surface area contributed by atoms with Crippen molar-refractivity contribution in [1.29, 1.82) is 0 Å². The molecule has 0 bridgehead atoms. The minimum absolute atomic E-state index is 0.0110. The molecule has 1 aliphatic heterocycles. The maximum Gasteiger partial charge on any atom is 0.269 e. The van der Waals surface area contributed by atoms with E-state index < -0.39 is 14.9 Å². The van der Waals surface area contributed by atoms with Gasteiger partial charge in [0.2, 0.25) is 15.9 Å². The number of hydrogen-bond acceptors (Lipinski definition) is 7. The number of nitro groups is 1. The molecule has 1 aliphatic rings. The average Bonchev–Trinajstić information content (AvgIpc) is 3.24. The summed E-state index contributed by atoms with van der Waals surface area (Å²) in [7, 11) is -3.46. The molecule has 3 rings (SSSR count). The van der Waals surface area contributed by atoms with E-state index >= 15 is 0 Å². The first-order valence-corrected chi connectivity index (χ1v) is 11.9. The molecule has 162 valence electrons. The lowest BCUT2D eigenvalue weighted by atomic mass is 10.1. The number of sulfonamides is 1. The van der Waals surface area contributed by atoms with Gasteiger partial charge in [-0.25, -0.2) is 13.1 Å². The van der Waals surface area contributed by atoms with Crippen LogP contribution in [-0.2, 0) is 14.8 Å². The van der Waals surface area contributed by atoms with Gasteiger partial charge in [-0.15, -0.1) is 11.3 Å². The molecule has 2 aromatic rings. The van der Waals surface area contributed by atoms with Crippen LogP contribution in [0, 0.1) is 17.0 Å².